The molecular formula is C29H30N2O3. The standard InChI is InChI=1S/C29H30N2O3/c1-17(2)27(32)18-7-10-26-23(16-18)28(33)34-29(26)24-11-8-21(30(3)4)14-19(24)13-20-15-22(31(5)6)9-12-25(20)29/h7-12,14-17H,13H2,1-6H3. The van der Waals surface area contributed by atoms with Crippen LogP contribution in [-0.2, 0) is 16.8 Å². The third kappa shape index (κ3) is 3.14. The molecule has 0 unspecified atom stereocenters. The highest BCUT2D eigenvalue weighted by atomic mass is 16.6. The number of ether oxygens (including phenoxy) is 1. The van der Waals surface area contributed by atoms with Crippen LogP contribution in [0.1, 0.15) is 62.4 Å². The molecule has 0 bridgehead atoms. The van der Waals surface area contributed by atoms with Crippen molar-refractivity contribution in [2.45, 2.75) is 25.9 Å². The van der Waals surface area contributed by atoms with Crippen molar-refractivity contribution in [2.24, 2.45) is 5.92 Å². The monoisotopic (exact) mass is 454 g/mol. The van der Waals surface area contributed by atoms with Gasteiger partial charge in [-0.3, -0.25) is 4.79 Å². The molecule has 5 heteroatoms. The summed E-state index contributed by atoms with van der Waals surface area (Å²) in [6.45, 7) is 3.74. The zero-order valence-corrected chi connectivity index (χ0v) is 20.6. The summed E-state index contributed by atoms with van der Waals surface area (Å²) in [5.41, 5.74) is 7.24. The summed E-state index contributed by atoms with van der Waals surface area (Å²) in [7, 11) is 8.10. The van der Waals surface area contributed by atoms with Gasteiger partial charge in [-0.15, -0.1) is 0 Å². The van der Waals surface area contributed by atoms with E-state index < -0.39 is 5.60 Å². The lowest BCUT2D eigenvalue weighted by Gasteiger charge is -2.38. The first kappa shape index (κ1) is 22.2. The van der Waals surface area contributed by atoms with Gasteiger partial charge in [-0.1, -0.05) is 38.1 Å². The summed E-state index contributed by atoms with van der Waals surface area (Å²) < 4.78 is 6.33. The van der Waals surface area contributed by atoms with E-state index in [1.807, 2.05) is 54.2 Å². The number of carbonyl (C=O) groups excluding carboxylic acids is 2. The summed E-state index contributed by atoms with van der Waals surface area (Å²) in [4.78, 5) is 30.1. The first-order chi connectivity index (χ1) is 16.1. The Morgan fingerprint density at radius 1 is 0.824 bits per heavy atom. The van der Waals surface area contributed by atoms with E-state index in [0.29, 0.717) is 11.1 Å². The second-order valence-electron chi connectivity index (χ2n) is 10.00. The Morgan fingerprint density at radius 3 is 1.85 bits per heavy atom. The number of rotatable bonds is 4. The van der Waals surface area contributed by atoms with Crippen molar-refractivity contribution in [3.63, 3.8) is 0 Å². The molecule has 1 aliphatic heterocycles. The van der Waals surface area contributed by atoms with Gasteiger partial charge >= 0.3 is 5.97 Å². The molecule has 174 valence electrons. The van der Waals surface area contributed by atoms with Crippen molar-refractivity contribution in [2.75, 3.05) is 38.0 Å². The molecule has 5 nitrogen and oxygen atoms in total. The van der Waals surface area contributed by atoms with E-state index in [9.17, 15) is 9.59 Å². The van der Waals surface area contributed by atoms with Gasteiger partial charge in [0.25, 0.3) is 0 Å². The maximum absolute atomic E-state index is 13.3. The molecule has 0 saturated carbocycles. The molecule has 0 N–H and O–H groups in total. The predicted octanol–water partition coefficient (Wildman–Crippen LogP) is 5.02. The number of hydrogen-bond acceptors (Lipinski definition) is 5. The highest BCUT2D eigenvalue weighted by Crippen LogP contribution is 2.53. The van der Waals surface area contributed by atoms with Crippen molar-refractivity contribution < 1.29 is 14.3 Å². The van der Waals surface area contributed by atoms with Crippen molar-refractivity contribution in [3.05, 3.63) is 93.5 Å². The molecule has 5 rings (SSSR count). The van der Waals surface area contributed by atoms with Gasteiger partial charge in [-0.2, -0.15) is 0 Å². The molecule has 3 aromatic carbocycles. The van der Waals surface area contributed by atoms with E-state index in [2.05, 4.69) is 46.2 Å². The maximum atomic E-state index is 13.3. The van der Waals surface area contributed by atoms with Gasteiger partial charge in [0.15, 0.2) is 11.4 Å². The van der Waals surface area contributed by atoms with Crippen LogP contribution in [0.15, 0.2) is 54.6 Å². The van der Waals surface area contributed by atoms with Gasteiger partial charge in [0.05, 0.1) is 5.56 Å². The Morgan fingerprint density at radius 2 is 1.35 bits per heavy atom. The van der Waals surface area contributed by atoms with Crippen LogP contribution in [0.5, 0.6) is 0 Å². The normalized spacial score (nSPS) is 15.0. The number of benzene rings is 3. The molecule has 0 saturated heterocycles. The first-order valence-corrected chi connectivity index (χ1v) is 11.7. The minimum Gasteiger partial charge on any atom is -0.441 e. The predicted molar refractivity (Wildman–Crippen MR) is 135 cm³/mol. The van der Waals surface area contributed by atoms with Crippen LogP contribution in [0.3, 0.4) is 0 Å². The van der Waals surface area contributed by atoms with Crippen LogP contribution in [0.4, 0.5) is 11.4 Å². The zero-order chi connectivity index (χ0) is 24.4. The highest BCUT2D eigenvalue weighted by molar-refractivity contribution is 6.03. The van der Waals surface area contributed by atoms with Gasteiger partial charge in [0, 0.05) is 67.7 Å². The minimum atomic E-state index is -1.02. The Labute approximate surface area is 201 Å². The summed E-state index contributed by atoms with van der Waals surface area (Å²) in [6, 6.07) is 18.1. The average Bonchev–Trinajstić information content (AvgIpc) is 3.10. The van der Waals surface area contributed by atoms with Crippen LogP contribution in [-0.4, -0.2) is 39.9 Å². The van der Waals surface area contributed by atoms with E-state index in [-0.39, 0.29) is 17.7 Å². The largest absolute Gasteiger partial charge is 0.441 e. The van der Waals surface area contributed by atoms with Crippen LogP contribution in [0.2, 0.25) is 0 Å². The first-order valence-electron chi connectivity index (χ1n) is 11.7. The number of nitrogens with zero attached hydrogens (tertiary/aromatic N) is 2. The fraction of sp³-hybridized carbons (Fsp3) is 0.310. The maximum Gasteiger partial charge on any atom is 0.340 e. The van der Waals surface area contributed by atoms with E-state index in [0.717, 1.165) is 45.6 Å². The second kappa shape index (κ2) is 7.73. The molecule has 0 fully saturated rings. The molecular weight excluding hydrogens is 424 g/mol. The van der Waals surface area contributed by atoms with E-state index >= 15 is 0 Å². The average molecular weight is 455 g/mol. The SMILES string of the molecule is CC(C)C(=O)c1ccc2c(c1)C(=O)OC21c2ccc(N(C)C)cc2Cc2cc(N(C)C)ccc21. The molecule has 0 radical (unpaired) electrons. The lowest BCUT2D eigenvalue weighted by Crippen LogP contribution is -2.35. The molecule has 34 heavy (non-hydrogen) atoms. The highest BCUT2D eigenvalue weighted by Gasteiger charge is 2.52. The van der Waals surface area contributed by atoms with Crippen LogP contribution in [0, 0.1) is 5.92 Å². The number of anilines is 2. The van der Waals surface area contributed by atoms with Gasteiger partial charge in [0.1, 0.15) is 0 Å². The van der Waals surface area contributed by atoms with Crippen molar-refractivity contribution in [3.8, 4) is 0 Å². The van der Waals surface area contributed by atoms with Gasteiger partial charge in [-0.05, 0) is 47.9 Å². The summed E-state index contributed by atoms with van der Waals surface area (Å²) in [5, 5.41) is 0. The summed E-state index contributed by atoms with van der Waals surface area (Å²) in [5.74, 6) is -0.512. The molecule has 1 spiro atoms. The van der Waals surface area contributed by atoms with Gasteiger partial charge in [-0.25, -0.2) is 4.79 Å². The lowest BCUT2D eigenvalue weighted by atomic mass is 9.70. The molecule has 0 amide bonds. The van der Waals surface area contributed by atoms with Crippen molar-refractivity contribution >= 4 is 23.1 Å². The second-order valence-corrected chi connectivity index (χ2v) is 10.00. The van der Waals surface area contributed by atoms with Crippen molar-refractivity contribution in [1.29, 1.82) is 0 Å². The Bertz CT molecular complexity index is 1280. The minimum absolute atomic E-state index is 0.0206. The third-order valence-electron chi connectivity index (χ3n) is 7.02. The number of ketones is 1. The van der Waals surface area contributed by atoms with Crippen LogP contribution in [0.25, 0.3) is 0 Å². The quantitative estimate of drug-likeness (QED) is 0.409. The molecule has 1 heterocycles. The smallest absolute Gasteiger partial charge is 0.340 e. The Balaban J connectivity index is 1.78. The van der Waals surface area contributed by atoms with E-state index in [1.165, 1.54) is 0 Å². The number of Topliss-reactive ketones (excluding diaryl/α,β-unsaturated/α-hetero) is 1. The lowest BCUT2D eigenvalue weighted by molar-refractivity contribution is 0.0241. The number of esters is 1. The number of hydrogen-bond donors (Lipinski definition) is 0. The molecule has 3 aromatic rings. The molecule has 2 aliphatic rings. The van der Waals surface area contributed by atoms with Gasteiger partial charge < -0.3 is 14.5 Å². The molecule has 1 aliphatic carbocycles. The van der Waals surface area contributed by atoms with Crippen LogP contribution >= 0.6 is 0 Å². The Kier molecular flexibility index (Phi) is 5.05. The fourth-order valence-electron chi connectivity index (χ4n) is 5.20. The fourth-order valence-corrected chi connectivity index (χ4v) is 5.20. The van der Waals surface area contributed by atoms with Crippen molar-refractivity contribution in [1.82, 2.24) is 0 Å². The Hall–Kier alpha value is -3.60. The third-order valence-corrected chi connectivity index (χ3v) is 7.02. The van der Waals surface area contributed by atoms with E-state index in [4.69, 9.17) is 4.74 Å². The topological polar surface area (TPSA) is 49.9 Å². The zero-order valence-electron chi connectivity index (χ0n) is 20.6. The van der Waals surface area contributed by atoms with Crippen LogP contribution < -0.4 is 9.80 Å². The summed E-state index contributed by atoms with van der Waals surface area (Å²) >= 11 is 0. The van der Waals surface area contributed by atoms with Gasteiger partial charge in [0.2, 0.25) is 0 Å². The number of carbonyl (C=O) groups is 2. The molecule has 0 aromatic heterocycles. The summed E-state index contributed by atoms with van der Waals surface area (Å²) in [6.07, 6.45) is 0.757. The van der Waals surface area contributed by atoms with E-state index in [1.54, 1.807) is 6.07 Å². The molecule has 0 atom stereocenters. The number of fused-ring (bicyclic) bond motifs is 6.